The smallest absolute Gasteiger partial charge is 0.251 e. The molecule has 8 heteroatoms. The normalized spacial score (nSPS) is 16.2. The van der Waals surface area contributed by atoms with Crippen LogP contribution < -0.4 is 10.6 Å². The molecule has 2 aromatic carbocycles. The van der Waals surface area contributed by atoms with Crippen LogP contribution in [0.5, 0.6) is 0 Å². The third-order valence-electron chi connectivity index (χ3n) is 4.77. The van der Waals surface area contributed by atoms with Gasteiger partial charge in [0, 0.05) is 24.3 Å². The maximum absolute atomic E-state index is 13.2. The Hall–Kier alpha value is -2.93. The lowest BCUT2D eigenvalue weighted by Gasteiger charge is -2.32. The molecule has 0 spiro atoms. The summed E-state index contributed by atoms with van der Waals surface area (Å²) in [7, 11) is 0. The number of piperidine rings is 1. The van der Waals surface area contributed by atoms with Crippen LogP contribution in [-0.2, 0) is 9.59 Å². The average molecular weight is 418 g/mol. The molecule has 6 nitrogen and oxygen atoms in total. The minimum Gasteiger partial charge on any atom is -0.343 e. The van der Waals surface area contributed by atoms with Crippen LogP contribution >= 0.6 is 11.6 Å². The van der Waals surface area contributed by atoms with Gasteiger partial charge in [-0.2, -0.15) is 0 Å². The molecule has 152 valence electrons. The minimum absolute atomic E-state index is 0.0718. The molecule has 1 heterocycles. The number of nitrogens with one attached hydrogen (secondary N) is 2. The number of hydrogen-bond acceptors (Lipinski definition) is 3. The molecule has 0 radical (unpaired) electrons. The van der Waals surface area contributed by atoms with Crippen LogP contribution in [0.15, 0.2) is 48.5 Å². The molecule has 1 fully saturated rings. The fourth-order valence-corrected chi connectivity index (χ4v) is 3.38. The molecule has 3 amide bonds. The van der Waals surface area contributed by atoms with Crippen LogP contribution in [0.2, 0.25) is 5.02 Å². The zero-order valence-corrected chi connectivity index (χ0v) is 16.4. The van der Waals surface area contributed by atoms with Crippen molar-refractivity contribution in [1.82, 2.24) is 10.2 Å². The fraction of sp³-hybridized carbons (Fsp3) is 0.286. The first kappa shape index (κ1) is 20.8. The predicted molar refractivity (Wildman–Crippen MR) is 108 cm³/mol. The van der Waals surface area contributed by atoms with E-state index in [2.05, 4.69) is 10.6 Å². The Labute approximate surface area is 173 Å². The van der Waals surface area contributed by atoms with Gasteiger partial charge in [-0.05, 0) is 43.2 Å². The molecule has 0 bridgehead atoms. The van der Waals surface area contributed by atoms with Gasteiger partial charge in [-0.3, -0.25) is 14.4 Å². The molecule has 2 N–H and O–H groups in total. The van der Waals surface area contributed by atoms with Crippen molar-refractivity contribution in [3.05, 3.63) is 64.9 Å². The second kappa shape index (κ2) is 9.52. The molecule has 1 atom stereocenters. The number of halogens is 2. The Bertz CT molecular complexity index is 907. The Morgan fingerprint density at radius 2 is 1.90 bits per heavy atom. The zero-order valence-electron chi connectivity index (χ0n) is 15.7. The summed E-state index contributed by atoms with van der Waals surface area (Å²) in [6, 6.07) is 12.6. The molecule has 3 rings (SSSR count). The largest absolute Gasteiger partial charge is 0.343 e. The van der Waals surface area contributed by atoms with Crippen molar-refractivity contribution in [2.45, 2.75) is 12.8 Å². The Morgan fingerprint density at radius 1 is 1.14 bits per heavy atom. The van der Waals surface area contributed by atoms with Gasteiger partial charge in [-0.25, -0.2) is 4.39 Å². The number of carbonyl (C=O) groups excluding carboxylic acids is 3. The molecule has 2 aromatic rings. The van der Waals surface area contributed by atoms with Crippen molar-refractivity contribution in [2.24, 2.45) is 5.92 Å². The minimum atomic E-state index is -0.559. The summed E-state index contributed by atoms with van der Waals surface area (Å²) in [4.78, 5) is 38.6. The molecule has 1 aliphatic rings. The number of hydrogen-bond donors (Lipinski definition) is 2. The summed E-state index contributed by atoms with van der Waals surface area (Å²) >= 11 is 5.74. The summed E-state index contributed by atoms with van der Waals surface area (Å²) in [5.41, 5.74) is 0.883. The Balaban J connectivity index is 1.52. The highest BCUT2D eigenvalue weighted by Crippen LogP contribution is 2.22. The van der Waals surface area contributed by atoms with Crippen LogP contribution in [0.4, 0.5) is 10.1 Å². The third kappa shape index (κ3) is 5.54. The van der Waals surface area contributed by atoms with E-state index in [4.69, 9.17) is 11.6 Å². The zero-order chi connectivity index (χ0) is 20.8. The highest BCUT2D eigenvalue weighted by atomic mass is 35.5. The monoisotopic (exact) mass is 417 g/mol. The maximum atomic E-state index is 13.2. The fourth-order valence-electron chi connectivity index (χ4n) is 3.20. The van der Waals surface area contributed by atoms with E-state index < -0.39 is 5.82 Å². The summed E-state index contributed by atoms with van der Waals surface area (Å²) in [5.74, 6) is -1.76. The SMILES string of the molecule is O=C(NCC(=O)N1CCC[C@@H](C(=O)Nc2ccc(F)c(Cl)c2)C1)c1ccccc1. The predicted octanol–water partition coefficient (Wildman–Crippen LogP) is 3.09. The molecule has 0 aromatic heterocycles. The van der Waals surface area contributed by atoms with Crippen molar-refractivity contribution in [3.63, 3.8) is 0 Å². The summed E-state index contributed by atoms with van der Waals surface area (Å²) in [6.07, 6.45) is 1.32. The van der Waals surface area contributed by atoms with Crippen LogP contribution in [0.25, 0.3) is 0 Å². The number of carbonyl (C=O) groups is 3. The summed E-state index contributed by atoms with van der Waals surface area (Å²) < 4.78 is 13.2. The molecule has 0 aliphatic carbocycles. The van der Waals surface area contributed by atoms with Gasteiger partial charge in [-0.1, -0.05) is 29.8 Å². The van der Waals surface area contributed by atoms with Crippen LogP contribution in [0.1, 0.15) is 23.2 Å². The maximum Gasteiger partial charge on any atom is 0.251 e. The second-order valence-corrected chi connectivity index (χ2v) is 7.25. The van der Waals surface area contributed by atoms with Gasteiger partial charge >= 0.3 is 0 Å². The average Bonchev–Trinajstić information content (AvgIpc) is 2.75. The standard InChI is InChI=1S/C21H21ClFN3O3/c22-17-11-16(8-9-18(17)23)25-21(29)15-7-4-10-26(13-15)19(27)12-24-20(28)14-5-2-1-3-6-14/h1-3,5-6,8-9,11,15H,4,7,10,12-13H2,(H,24,28)(H,25,29)/t15-/m1/s1. The van der Waals surface area contributed by atoms with Gasteiger partial charge in [0.15, 0.2) is 0 Å². The van der Waals surface area contributed by atoms with Crippen LogP contribution in [0.3, 0.4) is 0 Å². The highest BCUT2D eigenvalue weighted by molar-refractivity contribution is 6.31. The number of rotatable bonds is 5. The van der Waals surface area contributed by atoms with E-state index in [0.717, 1.165) is 0 Å². The number of amides is 3. The van der Waals surface area contributed by atoms with E-state index in [9.17, 15) is 18.8 Å². The first-order chi connectivity index (χ1) is 13.9. The van der Waals surface area contributed by atoms with Gasteiger partial charge in [0.05, 0.1) is 17.5 Å². The van der Waals surface area contributed by atoms with Gasteiger partial charge in [0.2, 0.25) is 11.8 Å². The first-order valence-electron chi connectivity index (χ1n) is 9.31. The molecule has 0 unspecified atom stereocenters. The van der Waals surface area contributed by atoms with Crippen molar-refractivity contribution >= 4 is 35.0 Å². The molecular weight excluding hydrogens is 397 g/mol. The third-order valence-corrected chi connectivity index (χ3v) is 5.06. The molecule has 1 saturated heterocycles. The number of nitrogens with zero attached hydrogens (tertiary/aromatic N) is 1. The van der Waals surface area contributed by atoms with E-state index in [1.807, 2.05) is 0 Å². The van der Waals surface area contributed by atoms with Gasteiger partial charge in [0.1, 0.15) is 5.82 Å². The highest BCUT2D eigenvalue weighted by Gasteiger charge is 2.28. The lowest BCUT2D eigenvalue weighted by Crippen LogP contribution is -2.47. The van der Waals surface area contributed by atoms with Crippen molar-refractivity contribution in [1.29, 1.82) is 0 Å². The molecular formula is C21H21ClFN3O3. The van der Waals surface area contributed by atoms with Crippen molar-refractivity contribution in [3.8, 4) is 0 Å². The van der Waals surface area contributed by atoms with Gasteiger partial charge in [0.25, 0.3) is 5.91 Å². The Morgan fingerprint density at radius 3 is 2.62 bits per heavy atom. The molecule has 0 saturated carbocycles. The number of benzene rings is 2. The first-order valence-corrected chi connectivity index (χ1v) is 9.69. The number of likely N-dealkylation sites (tertiary alicyclic amines) is 1. The van der Waals surface area contributed by atoms with E-state index in [0.29, 0.717) is 30.6 Å². The van der Waals surface area contributed by atoms with Crippen molar-refractivity contribution in [2.75, 3.05) is 25.0 Å². The van der Waals surface area contributed by atoms with Gasteiger partial charge < -0.3 is 15.5 Å². The van der Waals surface area contributed by atoms with E-state index >= 15 is 0 Å². The van der Waals surface area contributed by atoms with Crippen LogP contribution in [0, 0.1) is 11.7 Å². The van der Waals surface area contributed by atoms with E-state index in [-0.39, 0.29) is 41.8 Å². The molecule has 1 aliphatic heterocycles. The lowest BCUT2D eigenvalue weighted by atomic mass is 9.97. The number of anilines is 1. The molecule has 29 heavy (non-hydrogen) atoms. The van der Waals surface area contributed by atoms with Gasteiger partial charge in [-0.15, -0.1) is 0 Å². The van der Waals surface area contributed by atoms with E-state index in [1.165, 1.54) is 18.2 Å². The van der Waals surface area contributed by atoms with E-state index in [1.54, 1.807) is 35.2 Å². The quantitative estimate of drug-likeness (QED) is 0.784. The van der Waals surface area contributed by atoms with Crippen LogP contribution in [-0.4, -0.2) is 42.3 Å². The second-order valence-electron chi connectivity index (χ2n) is 6.85. The Kier molecular flexibility index (Phi) is 6.82. The summed E-state index contributed by atoms with van der Waals surface area (Å²) in [5, 5.41) is 5.25. The lowest BCUT2D eigenvalue weighted by molar-refractivity contribution is -0.133. The topological polar surface area (TPSA) is 78.5 Å². The summed E-state index contributed by atoms with van der Waals surface area (Å²) in [6.45, 7) is 0.669. The van der Waals surface area contributed by atoms with Crippen molar-refractivity contribution < 1.29 is 18.8 Å².